The zero-order valence-electron chi connectivity index (χ0n) is 10.7. The molecule has 0 amide bonds. The van der Waals surface area contributed by atoms with Gasteiger partial charge in [0.05, 0.1) is 6.54 Å². The SMILES string of the molecule is CC(C)n1ncnc1CN1CCCC(CO)C1. The van der Waals surface area contributed by atoms with E-state index in [1.165, 1.54) is 6.42 Å². The Labute approximate surface area is 102 Å². The molecular weight excluding hydrogens is 216 g/mol. The maximum absolute atomic E-state index is 9.22. The number of hydrogen-bond donors (Lipinski definition) is 1. The number of hydrogen-bond acceptors (Lipinski definition) is 4. The van der Waals surface area contributed by atoms with Crippen LogP contribution in [0.25, 0.3) is 0 Å². The van der Waals surface area contributed by atoms with Gasteiger partial charge in [-0.2, -0.15) is 5.10 Å². The lowest BCUT2D eigenvalue weighted by atomic mass is 9.99. The first-order valence-corrected chi connectivity index (χ1v) is 6.42. The summed E-state index contributed by atoms with van der Waals surface area (Å²) in [6, 6.07) is 0.353. The second-order valence-corrected chi connectivity index (χ2v) is 5.14. The van der Waals surface area contributed by atoms with E-state index in [0.717, 1.165) is 31.9 Å². The highest BCUT2D eigenvalue weighted by Gasteiger charge is 2.21. The second kappa shape index (κ2) is 5.60. The number of aromatic nitrogens is 3. The minimum Gasteiger partial charge on any atom is -0.396 e. The molecule has 5 heteroatoms. The van der Waals surface area contributed by atoms with Gasteiger partial charge in [0.25, 0.3) is 0 Å². The average molecular weight is 238 g/mol. The van der Waals surface area contributed by atoms with Crippen LogP contribution < -0.4 is 0 Å². The lowest BCUT2D eigenvalue weighted by Crippen LogP contribution is -2.37. The lowest BCUT2D eigenvalue weighted by molar-refractivity contribution is 0.112. The molecule has 0 aromatic carbocycles. The third-order valence-electron chi connectivity index (χ3n) is 3.36. The Morgan fingerprint density at radius 3 is 3.06 bits per heavy atom. The molecular formula is C12H22N4O. The molecule has 0 saturated carbocycles. The fourth-order valence-corrected chi connectivity index (χ4v) is 2.46. The smallest absolute Gasteiger partial charge is 0.141 e. The van der Waals surface area contributed by atoms with Crippen LogP contribution in [0.4, 0.5) is 0 Å². The van der Waals surface area contributed by atoms with Gasteiger partial charge in [0, 0.05) is 19.2 Å². The first-order valence-electron chi connectivity index (χ1n) is 6.42. The van der Waals surface area contributed by atoms with Crippen molar-refractivity contribution in [2.75, 3.05) is 19.7 Å². The minimum absolute atomic E-state index is 0.299. The summed E-state index contributed by atoms with van der Waals surface area (Å²) < 4.78 is 1.97. The Bertz CT molecular complexity index is 350. The Morgan fingerprint density at radius 1 is 1.53 bits per heavy atom. The molecule has 0 aliphatic carbocycles. The summed E-state index contributed by atoms with van der Waals surface area (Å²) in [7, 11) is 0. The fraction of sp³-hybridized carbons (Fsp3) is 0.833. The standard InChI is InChI=1S/C12H22N4O/c1-10(2)16-12(13-9-14-16)7-15-5-3-4-11(6-15)8-17/h9-11,17H,3-8H2,1-2H3. The van der Waals surface area contributed by atoms with Gasteiger partial charge in [-0.15, -0.1) is 0 Å². The Balaban J connectivity index is 1.98. The van der Waals surface area contributed by atoms with Crippen molar-refractivity contribution in [3.8, 4) is 0 Å². The molecule has 1 N–H and O–H groups in total. The molecule has 0 spiro atoms. The van der Waals surface area contributed by atoms with Crippen molar-refractivity contribution in [2.45, 2.75) is 39.3 Å². The van der Waals surface area contributed by atoms with Crippen LogP contribution in [0.2, 0.25) is 0 Å². The number of rotatable bonds is 4. The topological polar surface area (TPSA) is 54.2 Å². The van der Waals surface area contributed by atoms with Crippen LogP contribution >= 0.6 is 0 Å². The first-order chi connectivity index (χ1) is 8.20. The van der Waals surface area contributed by atoms with Gasteiger partial charge in [0.15, 0.2) is 0 Å². The van der Waals surface area contributed by atoms with Crippen LogP contribution in [0.1, 0.15) is 38.6 Å². The van der Waals surface area contributed by atoms with Gasteiger partial charge in [-0.3, -0.25) is 4.90 Å². The molecule has 1 aliphatic rings. The van der Waals surface area contributed by atoms with Crippen LogP contribution in [0.15, 0.2) is 6.33 Å². The van der Waals surface area contributed by atoms with E-state index < -0.39 is 0 Å². The van der Waals surface area contributed by atoms with Crippen LogP contribution in [0, 0.1) is 5.92 Å². The van der Waals surface area contributed by atoms with Crippen molar-refractivity contribution in [2.24, 2.45) is 5.92 Å². The van der Waals surface area contributed by atoms with Crippen molar-refractivity contribution < 1.29 is 5.11 Å². The molecule has 1 aliphatic heterocycles. The van der Waals surface area contributed by atoms with E-state index >= 15 is 0 Å². The lowest BCUT2D eigenvalue weighted by Gasteiger charge is -2.31. The molecule has 2 rings (SSSR count). The molecule has 1 fully saturated rings. The summed E-state index contributed by atoms with van der Waals surface area (Å²) in [5.74, 6) is 1.46. The molecule has 5 nitrogen and oxygen atoms in total. The van der Waals surface area contributed by atoms with Gasteiger partial charge in [-0.1, -0.05) is 0 Å². The largest absolute Gasteiger partial charge is 0.396 e. The van der Waals surface area contributed by atoms with Crippen LogP contribution in [-0.2, 0) is 6.54 Å². The van der Waals surface area contributed by atoms with Crippen molar-refractivity contribution in [3.63, 3.8) is 0 Å². The Morgan fingerprint density at radius 2 is 2.35 bits per heavy atom. The van der Waals surface area contributed by atoms with Crippen molar-refractivity contribution >= 4 is 0 Å². The van der Waals surface area contributed by atoms with E-state index in [-0.39, 0.29) is 0 Å². The summed E-state index contributed by atoms with van der Waals surface area (Å²) >= 11 is 0. The minimum atomic E-state index is 0.299. The maximum atomic E-state index is 9.22. The normalized spacial score (nSPS) is 22.2. The summed E-state index contributed by atoms with van der Waals surface area (Å²) in [5, 5.41) is 13.5. The summed E-state index contributed by atoms with van der Waals surface area (Å²) in [4.78, 5) is 6.70. The molecule has 96 valence electrons. The predicted molar refractivity (Wildman–Crippen MR) is 65.5 cm³/mol. The molecule has 2 heterocycles. The Hall–Kier alpha value is -0.940. The molecule has 1 unspecified atom stereocenters. The monoisotopic (exact) mass is 238 g/mol. The molecule has 0 bridgehead atoms. The van der Waals surface area contributed by atoms with Crippen LogP contribution in [0.5, 0.6) is 0 Å². The summed E-state index contributed by atoms with van der Waals surface area (Å²) in [6.07, 6.45) is 3.94. The van der Waals surface area contributed by atoms with Crippen LogP contribution in [-0.4, -0.2) is 44.5 Å². The fourth-order valence-electron chi connectivity index (χ4n) is 2.46. The highest BCUT2D eigenvalue weighted by atomic mass is 16.3. The van der Waals surface area contributed by atoms with Gasteiger partial charge in [-0.05, 0) is 39.2 Å². The van der Waals surface area contributed by atoms with Crippen molar-refractivity contribution in [3.05, 3.63) is 12.2 Å². The quantitative estimate of drug-likeness (QED) is 0.852. The van der Waals surface area contributed by atoms with Crippen LogP contribution in [0.3, 0.4) is 0 Å². The van der Waals surface area contributed by atoms with Crippen molar-refractivity contribution in [1.29, 1.82) is 0 Å². The van der Waals surface area contributed by atoms with E-state index in [2.05, 4.69) is 28.8 Å². The zero-order chi connectivity index (χ0) is 12.3. The maximum Gasteiger partial charge on any atom is 0.141 e. The zero-order valence-corrected chi connectivity index (χ0v) is 10.7. The van der Waals surface area contributed by atoms with Gasteiger partial charge in [0.1, 0.15) is 12.2 Å². The molecule has 0 radical (unpaired) electrons. The number of piperidine rings is 1. The summed E-state index contributed by atoms with van der Waals surface area (Å²) in [5.41, 5.74) is 0. The molecule has 1 saturated heterocycles. The van der Waals surface area contributed by atoms with Gasteiger partial charge >= 0.3 is 0 Å². The van der Waals surface area contributed by atoms with E-state index in [4.69, 9.17) is 0 Å². The van der Waals surface area contributed by atoms with E-state index in [0.29, 0.717) is 18.6 Å². The third-order valence-corrected chi connectivity index (χ3v) is 3.36. The summed E-state index contributed by atoms with van der Waals surface area (Å²) in [6.45, 7) is 7.45. The Kier molecular flexibility index (Phi) is 4.12. The number of aliphatic hydroxyl groups is 1. The molecule has 1 aromatic heterocycles. The number of nitrogens with zero attached hydrogens (tertiary/aromatic N) is 4. The predicted octanol–water partition coefficient (Wildman–Crippen LogP) is 1.06. The van der Waals surface area contributed by atoms with Gasteiger partial charge in [0.2, 0.25) is 0 Å². The third kappa shape index (κ3) is 3.04. The van der Waals surface area contributed by atoms with Gasteiger partial charge < -0.3 is 5.11 Å². The highest BCUT2D eigenvalue weighted by Crippen LogP contribution is 2.18. The molecule has 1 atom stereocenters. The van der Waals surface area contributed by atoms with E-state index in [1.54, 1.807) is 6.33 Å². The van der Waals surface area contributed by atoms with Crippen molar-refractivity contribution in [1.82, 2.24) is 19.7 Å². The second-order valence-electron chi connectivity index (χ2n) is 5.14. The first kappa shape index (κ1) is 12.5. The molecule has 17 heavy (non-hydrogen) atoms. The average Bonchev–Trinajstić information content (AvgIpc) is 2.77. The highest BCUT2D eigenvalue weighted by molar-refractivity contribution is 4.88. The van der Waals surface area contributed by atoms with E-state index in [1.807, 2.05) is 4.68 Å². The number of aliphatic hydroxyl groups excluding tert-OH is 1. The number of likely N-dealkylation sites (tertiary alicyclic amines) is 1. The van der Waals surface area contributed by atoms with Gasteiger partial charge in [-0.25, -0.2) is 9.67 Å². The molecule has 1 aromatic rings. The van der Waals surface area contributed by atoms with E-state index in [9.17, 15) is 5.11 Å².